The normalized spacial score (nSPS) is 11.3. The Kier molecular flexibility index (Phi) is 4.27. The van der Waals surface area contributed by atoms with E-state index in [1.165, 1.54) is 12.1 Å². The monoisotopic (exact) mass is 311 g/mol. The summed E-state index contributed by atoms with van der Waals surface area (Å²) >= 11 is 4.21. The summed E-state index contributed by atoms with van der Waals surface area (Å²) in [6, 6.07) is 9.39. The van der Waals surface area contributed by atoms with E-state index in [1.54, 1.807) is 18.2 Å². The molecule has 2 rings (SSSR count). The van der Waals surface area contributed by atoms with Crippen LogP contribution in [0.2, 0.25) is 0 Å². The van der Waals surface area contributed by atoms with Crippen molar-refractivity contribution >= 4 is 24.2 Å². The van der Waals surface area contributed by atoms with Crippen LogP contribution in [0.3, 0.4) is 0 Å². The number of anilines is 1. The van der Waals surface area contributed by atoms with Crippen LogP contribution in [0.15, 0.2) is 47.4 Å². The number of hydrogen-bond acceptors (Lipinski definition) is 2. The second-order valence-corrected chi connectivity index (χ2v) is 5.02. The quantitative estimate of drug-likeness (QED) is 0.783. The number of amides is 1. The van der Waals surface area contributed by atoms with Crippen molar-refractivity contribution in [2.75, 3.05) is 5.32 Å². The summed E-state index contributed by atoms with van der Waals surface area (Å²) < 4.78 is 37.8. The summed E-state index contributed by atoms with van der Waals surface area (Å²) in [6.07, 6.45) is -4.44. The van der Waals surface area contributed by atoms with Gasteiger partial charge >= 0.3 is 6.18 Å². The maximum absolute atomic E-state index is 12.6. The molecule has 2 nitrogen and oxygen atoms in total. The van der Waals surface area contributed by atoms with Gasteiger partial charge < -0.3 is 5.32 Å². The van der Waals surface area contributed by atoms with Crippen molar-refractivity contribution in [1.82, 2.24) is 0 Å². The third kappa shape index (κ3) is 3.78. The van der Waals surface area contributed by atoms with Gasteiger partial charge in [-0.3, -0.25) is 4.79 Å². The Balaban J connectivity index is 2.21. The lowest BCUT2D eigenvalue weighted by atomic mass is 10.1. The van der Waals surface area contributed by atoms with Gasteiger partial charge in [0.05, 0.1) is 5.56 Å². The van der Waals surface area contributed by atoms with Gasteiger partial charge in [-0.1, -0.05) is 12.1 Å². The van der Waals surface area contributed by atoms with Gasteiger partial charge in [0, 0.05) is 16.1 Å². The molecule has 0 fully saturated rings. The van der Waals surface area contributed by atoms with Crippen LogP contribution >= 0.6 is 12.6 Å². The molecule has 0 unspecified atom stereocenters. The second-order valence-electron chi connectivity index (χ2n) is 4.53. The molecule has 1 N–H and O–H groups in total. The minimum atomic E-state index is -4.44. The van der Waals surface area contributed by atoms with E-state index >= 15 is 0 Å². The summed E-state index contributed by atoms with van der Waals surface area (Å²) in [5.41, 5.74) is 0.534. The SMILES string of the molecule is Cc1ccc(C(=O)Nc2cccc(C(F)(F)F)c2)cc1S. The zero-order chi connectivity index (χ0) is 15.6. The Bertz CT molecular complexity index is 683. The molecule has 0 spiro atoms. The van der Waals surface area contributed by atoms with E-state index in [0.717, 1.165) is 17.7 Å². The van der Waals surface area contributed by atoms with Crippen LogP contribution in [0.25, 0.3) is 0 Å². The van der Waals surface area contributed by atoms with Gasteiger partial charge in [0.1, 0.15) is 0 Å². The predicted octanol–water partition coefficient (Wildman–Crippen LogP) is 4.55. The highest BCUT2D eigenvalue weighted by molar-refractivity contribution is 7.80. The molecule has 2 aromatic carbocycles. The van der Waals surface area contributed by atoms with E-state index in [1.807, 2.05) is 6.92 Å². The summed E-state index contributed by atoms with van der Waals surface area (Å²) in [4.78, 5) is 12.7. The predicted molar refractivity (Wildman–Crippen MR) is 77.8 cm³/mol. The smallest absolute Gasteiger partial charge is 0.322 e. The first-order valence-electron chi connectivity index (χ1n) is 6.05. The van der Waals surface area contributed by atoms with E-state index in [4.69, 9.17) is 0 Å². The number of carbonyl (C=O) groups is 1. The number of halogens is 3. The maximum Gasteiger partial charge on any atom is 0.416 e. The second kappa shape index (κ2) is 5.81. The molecule has 0 aliphatic heterocycles. The van der Waals surface area contributed by atoms with Crippen molar-refractivity contribution in [2.24, 2.45) is 0 Å². The van der Waals surface area contributed by atoms with Gasteiger partial charge in [-0.15, -0.1) is 12.6 Å². The Labute approximate surface area is 125 Å². The molecule has 1 amide bonds. The summed E-state index contributed by atoms with van der Waals surface area (Å²) in [6.45, 7) is 1.84. The minimum absolute atomic E-state index is 0.0936. The summed E-state index contributed by atoms with van der Waals surface area (Å²) in [5, 5.41) is 2.44. The van der Waals surface area contributed by atoms with E-state index in [9.17, 15) is 18.0 Å². The molecule has 6 heteroatoms. The van der Waals surface area contributed by atoms with Crippen molar-refractivity contribution in [2.45, 2.75) is 18.0 Å². The number of carbonyl (C=O) groups excluding carboxylic acids is 1. The molecule has 2 aromatic rings. The highest BCUT2D eigenvalue weighted by atomic mass is 32.1. The molecular weight excluding hydrogens is 299 g/mol. The van der Waals surface area contributed by atoms with Crippen molar-refractivity contribution in [3.8, 4) is 0 Å². The molecule has 0 aliphatic carbocycles. The number of alkyl halides is 3. The lowest BCUT2D eigenvalue weighted by Crippen LogP contribution is -2.13. The van der Waals surface area contributed by atoms with E-state index in [-0.39, 0.29) is 5.69 Å². The Morgan fingerprint density at radius 1 is 1.14 bits per heavy atom. The van der Waals surface area contributed by atoms with Crippen LogP contribution in [0.5, 0.6) is 0 Å². The Morgan fingerprint density at radius 3 is 2.48 bits per heavy atom. The number of nitrogens with one attached hydrogen (secondary N) is 1. The molecular formula is C15H12F3NOS. The van der Waals surface area contributed by atoms with E-state index in [2.05, 4.69) is 17.9 Å². The van der Waals surface area contributed by atoms with Crippen LogP contribution in [-0.4, -0.2) is 5.91 Å². The standard InChI is InChI=1S/C15H12F3NOS/c1-9-5-6-10(7-13(9)21)14(20)19-12-4-2-3-11(8-12)15(16,17)18/h2-8,21H,1H3,(H,19,20). The lowest BCUT2D eigenvalue weighted by molar-refractivity contribution is -0.137. The van der Waals surface area contributed by atoms with Gasteiger partial charge in [-0.25, -0.2) is 0 Å². The molecule has 110 valence electrons. The fraction of sp³-hybridized carbons (Fsp3) is 0.133. The first kappa shape index (κ1) is 15.4. The molecule has 0 saturated heterocycles. The van der Waals surface area contributed by atoms with E-state index < -0.39 is 17.6 Å². The van der Waals surface area contributed by atoms with Gasteiger partial charge in [0.2, 0.25) is 0 Å². The number of rotatable bonds is 2. The third-order valence-electron chi connectivity index (χ3n) is 2.92. The number of thiol groups is 1. The number of benzene rings is 2. The molecule has 21 heavy (non-hydrogen) atoms. The summed E-state index contributed by atoms with van der Waals surface area (Å²) in [5.74, 6) is -0.482. The topological polar surface area (TPSA) is 29.1 Å². The van der Waals surface area contributed by atoms with Crippen molar-refractivity contribution < 1.29 is 18.0 Å². The van der Waals surface area contributed by atoms with Crippen LogP contribution < -0.4 is 5.32 Å². The first-order valence-corrected chi connectivity index (χ1v) is 6.50. The van der Waals surface area contributed by atoms with Crippen molar-refractivity contribution in [3.63, 3.8) is 0 Å². The average Bonchev–Trinajstić information content (AvgIpc) is 2.41. The third-order valence-corrected chi connectivity index (χ3v) is 3.40. The highest BCUT2D eigenvalue weighted by Gasteiger charge is 2.30. The van der Waals surface area contributed by atoms with Crippen LogP contribution in [0, 0.1) is 6.92 Å². The summed E-state index contributed by atoms with van der Waals surface area (Å²) in [7, 11) is 0. The Morgan fingerprint density at radius 2 is 1.86 bits per heavy atom. The highest BCUT2D eigenvalue weighted by Crippen LogP contribution is 2.30. The van der Waals surface area contributed by atoms with Crippen LogP contribution in [0.4, 0.5) is 18.9 Å². The molecule has 0 saturated carbocycles. The number of aryl methyl sites for hydroxylation is 1. The number of hydrogen-bond donors (Lipinski definition) is 2. The molecule has 0 aromatic heterocycles. The van der Waals surface area contributed by atoms with Gasteiger partial charge in [-0.2, -0.15) is 13.2 Å². The van der Waals surface area contributed by atoms with Crippen molar-refractivity contribution in [1.29, 1.82) is 0 Å². The lowest BCUT2D eigenvalue weighted by Gasteiger charge is -2.10. The zero-order valence-corrected chi connectivity index (χ0v) is 11.9. The van der Waals surface area contributed by atoms with Gasteiger partial charge in [-0.05, 0) is 42.8 Å². The molecule has 0 radical (unpaired) electrons. The molecule has 0 heterocycles. The molecule has 0 aliphatic rings. The minimum Gasteiger partial charge on any atom is -0.322 e. The fourth-order valence-electron chi connectivity index (χ4n) is 1.73. The average molecular weight is 311 g/mol. The largest absolute Gasteiger partial charge is 0.416 e. The molecule has 0 atom stereocenters. The van der Waals surface area contributed by atoms with Crippen LogP contribution in [-0.2, 0) is 6.18 Å². The maximum atomic E-state index is 12.6. The first-order chi connectivity index (χ1) is 9.77. The Hall–Kier alpha value is -1.95. The molecule has 0 bridgehead atoms. The van der Waals surface area contributed by atoms with E-state index in [0.29, 0.717) is 10.5 Å². The van der Waals surface area contributed by atoms with Crippen LogP contribution in [0.1, 0.15) is 21.5 Å². The zero-order valence-electron chi connectivity index (χ0n) is 11.0. The van der Waals surface area contributed by atoms with Gasteiger partial charge in [0.25, 0.3) is 5.91 Å². The van der Waals surface area contributed by atoms with Crippen molar-refractivity contribution in [3.05, 3.63) is 59.2 Å². The fourth-order valence-corrected chi connectivity index (χ4v) is 1.94. The van der Waals surface area contributed by atoms with Gasteiger partial charge in [0.15, 0.2) is 0 Å².